The molecule has 3 N–H and O–H groups in total. The van der Waals surface area contributed by atoms with E-state index in [1.807, 2.05) is 0 Å². The van der Waals surface area contributed by atoms with Crippen molar-refractivity contribution in [3.8, 4) is 5.75 Å². The number of carbonyl (C=O) groups is 2. The Kier molecular flexibility index (Phi) is 5.72. The first-order valence-electron chi connectivity index (χ1n) is 8.62. The minimum absolute atomic E-state index is 0.0586. The number of benzene rings is 1. The van der Waals surface area contributed by atoms with Gasteiger partial charge in [0, 0.05) is 11.8 Å². The molecule has 0 spiro atoms. The molecule has 0 radical (unpaired) electrons. The summed E-state index contributed by atoms with van der Waals surface area (Å²) in [5.74, 6) is -2.41. The summed E-state index contributed by atoms with van der Waals surface area (Å²) in [4.78, 5) is 45.5. The lowest BCUT2D eigenvalue weighted by Crippen LogP contribution is -2.33. The zero-order valence-corrected chi connectivity index (χ0v) is 15.1. The predicted octanol–water partition coefficient (Wildman–Crippen LogP) is 1.78. The van der Waals surface area contributed by atoms with Gasteiger partial charge in [-0.25, -0.2) is 4.98 Å². The van der Waals surface area contributed by atoms with Gasteiger partial charge in [0.25, 0.3) is 5.56 Å². The summed E-state index contributed by atoms with van der Waals surface area (Å²) in [6, 6.07) is 6.26. The number of nitrogens with one attached hydrogen (secondary N) is 1. The average Bonchev–Trinajstić information content (AvgIpc) is 3.21. The first-order valence-corrected chi connectivity index (χ1v) is 8.62. The van der Waals surface area contributed by atoms with Crippen LogP contribution in [0.25, 0.3) is 10.9 Å². The van der Waals surface area contributed by atoms with E-state index in [4.69, 9.17) is 19.8 Å². The lowest BCUT2D eigenvalue weighted by atomic mass is 10.0. The molecule has 0 amide bonds. The SMILES string of the molecule is N=C(CCCC(=O)O)C(=O)c1c(O)c2ccccc2n(OCc2ncco2)c1=O. The van der Waals surface area contributed by atoms with E-state index in [0.717, 1.165) is 4.73 Å². The number of aromatic hydroxyl groups is 1. The van der Waals surface area contributed by atoms with E-state index >= 15 is 0 Å². The van der Waals surface area contributed by atoms with Crippen molar-refractivity contribution in [2.75, 3.05) is 0 Å². The molecule has 2 heterocycles. The summed E-state index contributed by atoms with van der Waals surface area (Å²) >= 11 is 0. The molecule has 0 saturated carbocycles. The third kappa shape index (κ3) is 4.15. The topological polar surface area (TPSA) is 156 Å². The van der Waals surface area contributed by atoms with Gasteiger partial charge in [-0.2, -0.15) is 0 Å². The van der Waals surface area contributed by atoms with Crippen LogP contribution in [0.3, 0.4) is 0 Å². The maximum Gasteiger partial charge on any atom is 0.303 e. The first-order chi connectivity index (χ1) is 13.9. The standard InChI is InChI=1S/C19H17N3O7/c20-12(5-3-7-15(23)24)18(26)16-17(25)11-4-1-2-6-13(11)22(19(16)27)29-10-14-21-8-9-28-14/h1-2,4,6,8-9,20,25H,3,5,7,10H2,(H,23,24). The number of oxazole rings is 1. The van der Waals surface area contributed by atoms with Crippen LogP contribution in [0.1, 0.15) is 35.5 Å². The van der Waals surface area contributed by atoms with Crippen molar-refractivity contribution in [1.82, 2.24) is 9.71 Å². The summed E-state index contributed by atoms with van der Waals surface area (Å²) < 4.78 is 5.90. The molecule has 10 heteroatoms. The molecule has 10 nitrogen and oxygen atoms in total. The van der Waals surface area contributed by atoms with Gasteiger partial charge in [-0.15, -0.1) is 4.73 Å². The molecule has 2 aromatic heterocycles. The number of hydrogen-bond acceptors (Lipinski definition) is 8. The van der Waals surface area contributed by atoms with Gasteiger partial charge in [-0.1, -0.05) is 12.1 Å². The largest absolute Gasteiger partial charge is 0.506 e. The van der Waals surface area contributed by atoms with Crippen molar-refractivity contribution >= 4 is 28.4 Å². The van der Waals surface area contributed by atoms with Crippen molar-refractivity contribution in [2.24, 2.45) is 0 Å². The summed E-state index contributed by atoms with van der Waals surface area (Å²) in [5.41, 5.74) is -1.82. The van der Waals surface area contributed by atoms with E-state index in [1.54, 1.807) is 12.1 Å². The smallest absolute Gasteiger partial charge is 0.303 e. The highest BCUT2D eigenvalue weighted by Gasteiger charge is 2.25. The molecule has 0 fully saturated rings. The minimum Gasteiger partial charge on any atom is -0.506 e. The van der Waals surface area contributed by atoms with Crippen LogP contribution >= 0.6 is 0 Å². The van der Waals surface area contributed by atoms with E-state index in [-0.39, 0.29) is 42.7 Å². The number of aliphatic carboxylic acids is 1. The molecule has 0 unspecified atom stereocenters. The Morgan fingerprint density at radius 2 is 2.00 bits per heavy atom. The Morgan fingerprint density at radius 3 is 2.69 bits per heavy atom. The number of nitrogens with zero attached hydrogens (tertiary/aromatic N) is 2. The van der Waals surface area contributed by atoms with E-state index in [9.17, 15) is 19.5 Å². The minimum atomic E-state index is -1.05. The van der Waals surface area contributed by atoms with Crippen molar-refractivity contribution in [3.63, 3.8) is 0 Å². The number of ketones is 1. The molecule has 0 aliphatic carbocycles. The second kappa shape index (κ2) is 8.38. The van der Waals surface area contributed by atoms with E-state index in [2.05, 4.69) is 4.98 Å². The Labute approximate surface area is 163 Å². The zero-order chi connectivity index (χ0) is 21.0. The number of pyridine rings is 1. The van der Waals surface area contributed by atoms with Crippen LogP contribution in [0.4, 0.5) is 0 Å². The fourth-order valence-corrected chi connectivity index (χ4v) is 2.76. The first kappa shape index (κ1) is 19.8. The van der Waals surface area contributed by atoms with Gasteiger partial charge < -0.3 is 24.9 Å². The number of rotatable bonds is 9. The molecular weight excluding hydrogens is 382 g/mol. The Hall–Kier alpha value is -3.95. The molecule has 150 valence electrons. The quantitative estimate of drug-likeness (QED) is 0.363. The number of carboxylic acids is 1. The van der Waals surface area contributed by atoms with Gasteiger partial charge in [-0.05, 0) is 25.0 Å². The summed E-state index contributed by atoms with van der Waals surface area (Å²) in [6.07, 6.45) is 2.44. The van der Waals surface area contributed by atoms with E-state index < -0.39 is 34.3 Å². The van der Waals surface area contributed by atoms with Crippen molar-refractivity contribution in [3.05, 3.63) is 58.5 Å². The molecule has 0 aliphatic heterocycles. The van der Waals surface area contributed by atoms with Gasteiger partial charge >= 0.3 is 5.97 Å². The molecule has 0 atom stereocenters. The van der Waals surface area contributed by atoms with Gasteiger partial charge in [0.05, 0.1) is 17.4 Å². The summed E-state index contributed by atoms with van der Waals surface area (Å²) in [5, 5.41) is 27.3. The highest BCUT2D eigenvalue weighted by Crippen LogP contribution is 2.26. The van der Waals surface area contributed by atoms with Gasteiger partial charge in [0.1, 0.15) is 17.6 Å². The fraction of sp³-hybridized carbons (Fsp3) is 0.211. The molecule has 29 heavy (non-hydrogen) atoms. The van der Waals surface area contributed by atoms with Crippen LogP contribution in [0, 0.1) is 5.41 Å². The summed E-state index contributed by atoms with van der Waals surface area (Å²) in [6.45, 7) is -0.203. The third-order valence-corrected chi connectivity index (χ3v) is 4.13. The maximum atomic E-state index is 12.9. The Bertz CT molecular complexity index is 1130. The van der Waals surface area contributed by atoms with Gasteiger partial charge in [0.15, 0.2) is 6.61 Å². The second-order valence-electron chi connectivity index (χ2n) is 6.09. The Morgan fingerprint density at radius 1 is 1.24 bits per heavy atom. The number of carboxylic acid groups (broad SMARTS) is 1. The third-order valence-electron chi connectivity index (χ3n) is 4.13. The van der Waals surface area contributed by atoms with Crippen molar-refractivity contribution in [1.29, 1.82) is 5.41 Å². The summed E-state index contributed by atoms with van der Waals surface area (Å²) in [7, 11) is 0. The number of fused-ring (bicyclic) bond motifs is 1. The van der Waals surface area contributed by atoms with E-state index in [0.29, 0.717) is 0 Å². The zero-order valence-electron chi connectivity index (χ0n) is 15.1. The van der Waals surface area contributed by atoms with Gasteiger partial charge in [-0.3, -0.25) is 14.4 Å². The molecule has 3 rings (SSSR count). The molecular formula is C19H17N3O7. The fourth-order valence-electron chi connectivity index (χ4n) is 2.76. The highest BCUT2D eigenvalue weighted by atomic mass is 16.7. The van der Waals surface area contributed by atoms with Crippen LogP contribution in [0.15, 0.2) is 45.9 Å². The number of Topliss-reactive ketones (excluding diaryl/α,β-unsaturated/α-hetero) is 1. The highest BCUT2D eigenvalue weighted by molar-refractivity contribution is 6.45. The molecule has 1 aromatic carbocycles. The molecule has 0 saturated heterocycles. The van der Waals surface area contributed by atoms with Crippen LogP contribution in [0.5, 0.6) is 5.75 Å². The lowest BCUT2D eigenvalue weighted by Gasteiger charge is -2.14. The van der Waals surface area contributed by atoms with Gasteiger partial charge in [0.2, 0.25) is 11.7 Å². The lowest BCUT2D eigenvalue weighted by molar-refractivity contribution is -0.137. The van der Waals surface area contributed by atoms with Crippen LogP contribution < -0.4 is 10.4 Å². The number of carbonyl (C=O) groups excluding carboxylic acids is 1. The normalized spacial score (nSPS) is 10.8. The van der Waals surface area contributed by atoms with Crippen molar-refractivity contribution < 1.29 is 29.1 Å². The van der Waals surface area contributed by atoms with Crippen LogP contribution in [-0.2, 0) is 11.4 Å². The molecule has 0 bridgehead atoms. The van der Waals surface area contributed by atoms with Crippen LogP contribution in [-0.4, -0.2) is 37.4 Å². The van der Waals surface area contributed by atoms with E-state index in [1.165, 1.54) is 24.6 Å². The molecule has 0 aliphatic rings. The van der Waals surface area contributed by atoms with Crippen molar-refractivity contribution in [2.45, 2.75) is 25.9 Å². The van der Waals surface area contributed by atoms with Crippen LogP contribution in [0.2, 0.25) is 0 Å². The maximum absolute atomic E-state index is 12.9. The number of aromatic nitrogens is 2. The average molecular weight is 399 g/mol. The predicted molar refractivity (Wildman–Crippen MR) is 100 cm³/mol. The number of hydrogen-bond donors (Lipinski definition) is 3. The molecule has 3 aromatic rings. The second-order valence-corrected chi connectivity index (χ2v) is 6.09. The monoisotopic (exact) mass is 399 g/mol. The Balaban J connectivity index is 2.00. The number of para-hydroxylation sites is 1.